The number of likely N-dealkylation sites (tertiary alicyclic amines) is 2. The zero-order chi connectivity index (χ0) is 8.77. The fourth-order valence-electron chi connectivity index (χ4n) is 2.27. The quantitative estimate of drug-likeness (QED) is 0.549. The molecule has 1 amide bonds. The van der Waals surface area contributed by atoms with Gasteiger partial charge in [-0.15, -0.1) is 0 Å². The number of hydrogen-bond acceptors (Lipinski definition) is 2. The van der Waals surface area contributed by atoms with Gasteiger partial charge >= 0.3 is 0 Å². The molecule has 3 heteroatoms. The van der Waals surface area contributed by atoms with E-state index in [9.17, 15) is 4.79 Å². The van der Waals surface area contributed by atoms with Gasteiger partial charge < -0.3 is 4.90 Å². The Morgan fingerprint density at radius 3 is 2.25 bits per heavy atom. The standard InChI is InChI=1S/C9H16N2O/c1-8(2)11-5-9(6-11)3-10(4-9)7-12/h7-8H,3-6H2,1-2H3. The highest BCUT2D eigenvalue weighted by molar-refractivity contribution is 5.49. The molecule has 0 N–H and O–H groups in total. The average molecular weight is 168 g/mol. The molecule has 68 valence electrons. The summed E-state index contributed by atoms with van der Waals surface area (Å²) in [6.45, 7) is 8.80. The minimum absolute atomic E-state index is 0.491. The van der Waals surface area contributed by atoms with Gasteiger partial charge in [-0.1, -0.05) is 0 Å². The van der Waals surface area contributed by atoms with Gasteiger partial charge in [0.05, 0.1) is 0 Å². The van der Waals surface area contributed by atoms with Crippen molar-refractivity contribution in [3.63, 3.8) is 0 Å². The molecule has 0 saturated carbocycles. The van der Waals surface area contributed by atoms with Crippen molar-refractivity contribution in [2.24, 2.45) is 5.41 Å². The second kappa shape index (κ2) is 2.46. The molecule has 0 bridgehead atoms. The maximum Gasteiger partial charge on any atom is 0.209 e. The molecule has 0 radical (unpaired) electrons. The van der Waals surface area contributed by atoms with Gasteiger partial charge in [-0.05, 0) is 13.8 Å². The molecule has 2 fully saturated rings. The summed E-state index contributed by atoms with van der Waals surface area (Å²) in [4.78, 5) is 14.7. The van der Waals surface area contributed by atoms with Gasteiger partial charge in [0.2, 0.25) is 6.41 Å². The molecule has 2 aliphatic rings. The molecule has 1 spiro atoms. The highest BCUT2D eigenvalue weighted by atomic mass is 16.1. The first kappa shape index (κ1) is 8.05. The van der Waals surface area contributed by atoms with Crippen LogP contribution < -0.4 is 0 Å². The zero-order valence-corrected chi connectivity index (χ0v) is 7.79. The van der Waals surface area contributed by atoms with E-state index < -0.39 is 0 Å². The van der Waals surface area contributed by atoms with Crippen LogP contribution in [0.4, 0.5) is 0 Å². The molecular formula is C9H16N2O. The lowest BCUT2D eigenvalue weighted by atomic mass is 9.72. The minimum atomic E-state index is 0.491. The SMILES string of the molecule is CC(C)N1CC2(CN(C=O)C2)C1. The second-order valence-electron chi connectivity index (χ2n) is 4.51. The Labute approximate surface area is 73.3 Å². The van der Waals surface area contributed by atoms with Crippen molar-refractivity contribution in [2.45, 2.75) is 19.9 Å². The summed E-state index contributed by atoms with van der Waals surface area (Å²) in [5.74, 6) is 0. The molecule has 0 aromatic carbocycles. The normalized spacial score (nSPS) is 27.1. The van der Waals surface area contributed by atoms with E-state index in [1.807, 2.05) is 4.90 Å². The van der Waals surface area contributed by atoms with E-state index in [0.29, 0.717) is 11.5 Å². The highest BCUT2D eigenvalue weighted by Crippen LogP contribution is 2.39. The minimum Gasteiger partial charge on any atom is -0.344 e. The van der Waals surface area contributed by atoms with Crippen LogP contribution in [-0.4, -0.2) is 48.4 Å². The largest absolute Gasteiger partial charge is 0.344 e. The van der Waals surface area contributed by atoms with Gasteiger partial charge in [0.25, 0.3) is 0 Å². The molecule has 0 aromatic heterocycles. The van der Waals surface area contributed by atoms with E-state index in [1.54, 1.807) is 0 Å². The summed E-state index contributed by atoms with van der Waals surface area (Å²) < 4.78 is 0. The average Bonchev–Trinajstić information content (AvgIpc) is 1.81. The third-order valence-electron chi connectivity index (χ3n) is 3.03. The van der Waals surface area contributed by atoms with E-state index in [4.69, 9.17) is 0 Å². The summed E-state index contributed by atoms with van der Waals surface area (Å²) in [6, 6.07) is 0.668. The molecule has 0 unspecified atom stereocenters. The predicted octanol–water partition coefficient (Wildman–Crippen LogP) is 0.169. The van der Waals surface area contributed by atoms with Gasteiger partial charge in [0.1, 0.15) is 0 Å². The monoisotopic (exact) mass is 168 g/mol. The second-order valence-corrected chi connectivity index (χ2v) is 4.51. The van der Waals surface area contributed by atoms with Crippen LogP contribution in [-0.2, 0) is 4.79 Å². The third-order valence-corrected chi connectivity index (χ3v) is 3.03. The predicted molar refractivity (Wildman–Crippen MR) is 46.8 cm³/mol. The zero-order valence-electron chi connectivity index (χ0n) is 7.79. The molecular weight excluding hydrogens is 152 g/mol. The Hall–Kier alpha value is -0.570. The molecule has 2 heterocycles. The Kier molecular flexibility index (Phi) is 1.65. The summed E-state index contributed by atoms with van der Waals surface area (Å²) >= 11 is 0. The van der Waals surface area contributed by atoms with Crippen molar-refractivity contribution >= 4 is 6.41 Å². The Morgan fingerprint density at radius 1 is 1.25 bits per heavy atom. The van der Waals surface area contributed by atoms with E-state index >= 15 is 0 Å². The van der Waals surface area contributed by atoms with Crippen LogP contribution in [0.5, 0.6) is 0 Å². The van der Waals surface area contributed by atoms with Gasteiger partial charge in [0, 0.05) is 37.6 Å². The lowest BCUT2D eigenvalue weighted by molar-refractivity contribution is -0.149. The maximum absolute atomic E-state index is 10.3. The number of carbonyl (C=O) groups is 1. The van der Waals surface area contributed by atoms with Crippen LogP contribution >= 0.6 is 0 Å². The van der Waals surface area contributed by atoms with Crippen molar-refractivity contribution in [1.82, 2.24) is 9.80 Å². The fourth-order valence-corrected chi connectivity index (χ4v) is 2.27. The topological polar surface area (TPSA) is 23.6 Å². The molecule has 3 nitrogen and oxygen atoms in total. The number of carbonyl (C=O) groups excluding carboxylic acids is 1. The third kappa shape index (κ3) is 1.04. The van der Waals surface area contributed by atoms with Gasteiger partial charge in [-0.2, -0.15) is 0 Å². The number of rotatable bonds is 2. The molecule has 2 rings (SSSR count). The molecule has 0 aromatic rings. The maximum atomic E-state index is 10.3. The molecule has 2 saturated heterocycles. The summed E-state index contributed by atoms with van der Waals surface area (Å²) in [6.07, 6.45) is 0.962. The summed E-state index contributed by atoms with van der Waals surface area (Å²) in [5, 5.41) is 0. The lowest BCUT2D eigenvalue weighted by Gasteiger charge is -2.60. The number of amides is 1. The van der Waals surface area contributed by atoms with Gasteiger partial charge in [-0.25, -0.2) is 0 Å². The summed E-state index contributed by atoms with van der Waals surface area (Å²) in [5.41, 5.74) is 0.491. The smallest absolute Gasteiger partial charge is 0.209 e. The van der Waals surface area contributed by atoms with E-state index in [1.165, 1.54) is 13.1 Å². The van der Waals surface area contributed by atoms with E-state index in [0.717, 1.165) is 19.5 Å². The highest BCUT2D eigenvalue weighted by Gasteiger charge is 2.51. The van der Waals surface area contributed by atoms with Crippen molar-refractivity contribution in [3.8, 4) is 0 Å². The van der Waals surface area contributed by atoms with Crippen LogP contribution in [0, 0.1) is 5.41 Å². The van der Waals surface area contributed by atoms with Crippen LogP contribution in [0.2, 0.25) is 0 Å². The van der Waals surface area contributed by atoms with Gasteiger partial charge in [0.15, 0.2) is 0 Å². The van der Waals surface area contributed by atoms with Crippen LogP contribution in [0.1, 0.15) is 13.8 Å². The van der Waals surface area contributed by atoms with Crippen molar-refractivity contribution < 1.29 is 4.79 Å². The first-order valence-electron chi connectivity index (χ1n) is 4.59. The molecule has 0 aliphatic carbocycles. The van der Waals surface area contributed by atoms with Gasteiger partial charge in [-0.3, -0.25) is 9.69 Å². The van der Waals surface area contributed by atoms with E-state index in [-0.39, 0.29) is 0 Å². The Bertz CT molecular complexity index is 189. The summed E-state index contributed by atoms with van der Waals surface area (Å²) in [7, 11) is 0. The van der Waals surface area contributed by atoms with Crippen LogP contribution in [0.3, 0.4) is 0 Å². The molecule has 0 atom stereocenters. The van der Waals surface area contributed by atoms with Crippen molar-refractivity contribution in [3.05, 3.63) is 0 Å². The van der Waals surface area contributed by atoms with Crippen LogP contribution in [0.15, 0.2) is 0 Å². The van der Waals surface area contributed by atoms with Crippen molar-refractivity contribution in [2.75, 3.05) is 26.2 Å². The first-order valence-corrected chi connectivity index (χ1v) is 4.59. The van der Waals surface area contributed by atoms with Crippen LogP contribution in [0.25, 0.3) is 0 Å². The molecule has 2 aliphatic heterocycles. The molecule has 12 heavy (non-hydrogen) atoms. The Morgan fingerprint density at radius 2 is 1.83 bits per heavy atom. The fraction of sp³-hybridized carbons (Fsp3) is 0.889. The van der Waals surface area contributed by atoms with E-state index in [2.05, 4.69) is 18.7 Å². The Balaban J connectivity index is 1.79. The number of hydrogen-bond donors (Lipinski definition) is 0. The van der Waals surface area contributed by atoms with Crippen molar-refractivity contribution in [1.29, 1.82) is 0 Å². The lowest BCUT2D eigenvalue weighted by Crippen LogP contribution is -2.72. The number of nitrogens with zero attached hydrogens (tertiary/aromatic N) is 2. The first-order chi connectivity index (χ1) is 5.65.